The average Bonchev–Trinajstić information content (AvgIpc) is 3.12. The summed E-state index contributed by atoms with van der Waals surface area (Å²) >= 11 is 0. The molecule has 1 amide bonds. The molecule has 3 rings (SSSR count). The second-order valence-electron chi connectivity index (χ2n) is 6.42. The molecule has 0 aliphatic carbocycles. The molecule has 7 nitrogen and oxygen atoms in total. The van der Waals surface area contributed by atoms with Crippen LogP contribution in [0.3, 0.4) is 0 Å². The van der Waals surface area contributed by atoms with Gasteiger partial charge in [0.2, 0.25) is 17.6 Å². The Hall–Kier alpha value is -2.32. The van der Waals surface area contributed by atoms with Crippen molar-refractivity contribution in [2.24, 2.45) is 0 Å². The number of carbonyl (C=O) groups excluding carboxylic acids is 1. The summed E-state index contributed by atoms with van der Waals surface area (Å²) < 4.78 is 18.8. The molecule has 1 aliphatic heterocycles. The largest absolute Gasteiger partial charge is 0.355 e. The van der Waals surface area contributed by atoms with Crippen LogP contribution in [0.25, 0.3) is 11.4 Å². The van der Waals surface area contributed by atoms with Crippen molar-refractivity contribution in [1.82, 2.24) is 25.7 Å². The van der Waals surface area contributed by atoms with Gasteiger partial charge in [0.1, 0.15) is 5.82 Å². The van der Waals surface area contributed by atoms with Crippen molar-refractivity contribution in [1.29, 1.82) is 0 Å². The van der Waals surface area contributed by atoms with Crippen LogP contribution in [0.4, 0.5) is 4.39 Å². The number of nitrogens with one attached hydrogen (secondary N) is 2. The van der Waals surface area contributed by atoms with Gasteiger partial charge < -0.3 is 15.2 Å². The summed E-state index contributed by atoms with van der Waals surface area (Å²) in [5.41, 5.74) is 1.12. The first-order chi connectivity index (χ1) is 12.6. The molecular formula is C18H24FN5O2. The molecule has 1 aromatic heterocycles. The third kappa shape index (κ3) is 5.09. The van der Waals surface area contributed by atoms with Crippen LogP contribution in [0.5, 0.6) is 0 Å². The van der Waals surface area contributed by atoms with Gasteiger partial charge >= 0.3 is 0 Å². The van der Waals surface area contributed by atoms with Crippen LogP contribution in [0, 0.1) is 12.7 Å². The summed E-state index contributed by atoms with van der Waals surface area (Å²) in [6.45, 7) is 7.21. The Morgan fingerprint density at radius 2 is 2.19 bits per heavy atom. The molecule has 26 heavy (non-hydrogen) atoms. The molecule has 1 aliphatic rings. The van der Waals surface area contributed by atoms with Crippen LogP contribution in [-0.2, 0) is 11.2 Å². The first kappa shape index (κ1) is 18.5. The predicted octanol–water partition coefficient (Wildman–Crippen LogP) is 1.14. The molecule has 0 radical (unpaired) electrons. The lowest BCUT2D eigenvalue weighted by molar-refractivity contribution is -0.121. The van der Waals surface area contributed by atoms with Gasteiger partial charge in [-0.1, -0.05) is 17.3 Å². The highest BCUT2D eigenvalue weighted by molar-refractivity contribution is 5.76. The number of piperazine rings is 1. The van der Waals surface area contributed by atoms with E-state index in [1.54, 1.807) is 19.1 Å². The van der Waals surface area contributed by atoms with Crippen LogP contribution in [-0.4, -0.2) is 60.2 Å². The fourth-order valence-corrected chi connectivity index (χ4v) is 2.80. The van der Waals surface area contributed by atoms with Crippen molar-refractivity contribution in [2.75, 3.05) is 39.3 Å². The topological polar surface area (TPSA) is 83.3 Å². The summed E-state index contributed by atoms with van der Waals surface area (Å²) in [6.07, 6.45) is 0.645. The molecule has 0 spiro atoms. The Bertz CT molecular complexity index is 743. The number of halogens is 1. The van der Waals surface area contributed by atoms with Gasteiger partial charge in [-0.3, -0.25) is 9.69 Å². The number of hydrogen-bond donors (Lipinski definition) is 2. The van der Waals surface area contributed by atoms with Gasteiger partial charge in [-0.05, 0) is 18.6 Å². The number of nitrogens with zero attached hydrogens (tertiary/aromatic N) is 3. The van der Waals surface area contributed by atoms with Gasteiger partial charge in [0.05, 0.1) is 0 Å². The van der Waals surface area contributed by atoms with Gasteiger partial charge in [0.15, 0.2) is 0 Å². The fraction of sp³-hybridized carbons (Fsp3) is 0.500. The maximum Gasteiger partial charge on any atom is 0.227 e. The van der Waals surface area contributed by atoms with Crippen molar-refractivity contribution in [3.05, 3.63) is 35.5 Å². The first-order valence-corrected chi connectivity index (χ1v) is 8.91. The van der Waals surface area contributed by atoms with Crippen molar-refractivity contribution in [3.63, 3.8) is 0 Å². The van der Waals surface area contributed by atoms with Gasteiger partial charge in [0, 0.05) is 57.7 Å². The number of aromatic nitrogens is 2. The summed E-state index contributed by atoms with van der Waals surface area (Å²) in [5.74, 6) is 0.357. The number of hydrogen-bond acceptors (Lipinski definition) is 6. The SMILES string of the molecule is Cc1ccc(-c2noc(CCC(=O)NCCN3CCNCC3)n2)cc1F. The molecule has 1 saturated heterocycles. The van der Waals surface area contributed by atoms with Gasteiger partial charge in [-0.2, -0.15) is 4.98 Å². The highest BCUT2D eigenvalue weighted by Crippen LogP contribution is 2.19. The second-order valence-corrected chi connectivity index (χ2v) is 6.42. The van der Waals surface area contributed by atoms with E-state index in [4.69, 9.17) is 4.52 Å². The third-order valence-electron chi connectivity index (χ3n) is 4.42. The Labute approximate surface area is 152 Å². The molecule has 2 aromatic rings. The Kier molecular flexibility index (Phi) is 6.30. The van der Waals surface area contributed by atoms with Gasteiger partial charge in [0.25, 0.3) is 0 Å². The fourth-order valence-electron chi connectivity index (χ4n) is 2.80. The molecule has 8 heteroatoms. The lowest BCUT2D eigenvalue weighted by Crippen LogP contribution is -2.46. The van der Waals surface area contributed by atoms with Crippen molar-refractivity contribution < 1.29 is 13.7 Å². The molecule has 0 unspecified atom stereocenters. The minimum Gasteiger partial charge on any atom is -0.355 e. The molecule has 140 valence electrons. The Morgan fingerprint density at radius 3 is 2.96 bits per heavy atom. The number of benzene rings is 1. The molecule has 1 aromatic carbocycles. The Balaban J connectivity index is 1.42. The van der Waals surface area contributed by atoms with Crippen LogP contribution in [0.1, 0.15) is 17.9 Å². The van der Waals surface area contributed by atoms with E-state index in [1.807, 2.05) is 0 Å². The minimum absolute atomic E-state index is 0.0405. The van der Waals surface area contributed by atoms with E-state index in [9.17, 15) is 9.18 Å². The average molecular weight is 361 g/mol. The first-order valence-electron chi connectivity index (χ1n) is 8.91. The molecule has 1 fully saturated rings. The summed E-state index contributed by atoms with van der Waals surface area (Å²) in [4.78, 5) is 18.5. The normalized spacial score (nSPS) is 15.2. The lowest BCUT2D eigenvalue weighted by Gasteiger charge is -2.27. The maximum atomic E-state index is 13.6. The number of rotatable bonds is 7. The maximum absolute atomic E-state index is 13.6. The predicted molar refractivity (Wildman–Crippen MR) is 95.1 cm³/mol. The number of carbonyl (C=O) groups is 1. The lowest BCUT2D eigenvalue weighted by atomic mass is 10.1. The van der Waals surface area contributed by atoms with E-state index in [-0.39, 0.29) is 18.1 Å². The molecular weight excluding hydrogens is 337 g/mol. The van der Waals surface area contributed by atoms with Crippen LogP contribution in [0.2, 0.25) is 0 Å². The zero-order valence-electron chi connectivity index (χ0n) is 14.9. The van der Waals surface area contributed by atoms with Gasteiger partial charge in [-0.25, -0.2) is 4.39 Å². The van der Waals surface area contributed by atoms with Crippen molar-refractivity contribution in [2.45, 2.75) is 19.8 Å². The smallest absolute Gasteiger partial charge is 0.227 e. The Morgan fingerprint density at radius 1 is 1.38 bits per heavy atom. The van der Waals surface area contributed by atoms with Crippen LogP contribution < -0.4 is 10.6 Å². The third-order valence-corrected chi connectivity index (χ3v) is 4.42. The second kappa shape index (κ2) is 8.86. The van der Waals surface area contributed by atoms with E-state index in [1.165, 1.54) is 6.07 Å². The van der Waals surface area contributed by atoms with Gasteiger partial charge in [-0.15, -0.1) is 0 Å². The highest BCUT2D eigenvalue weighted by atomic mass is 19.1. The van der Waals surface area contributed by atoms with E-state index in [2.05, 4.69) is 25.7 Å². The van der Waals surface area contributed by atoms with E-state index >= 15 is 0 Å². The molecule has 2 N–H and O–H groups in total. The molecule has 2 heterocycles. The zero-order valence-corrected chi connectivity index (χ0v) is 14.9. The number of amides is 1. The summed E-state index contributed by atoms with van der Waals surface area (Å²) in [5, 5.41) is 10.1. The van der Waals surface area contributed by atoms with E-state index < -0.39 is 0 Å². The number of aryl methyl sites for hydroxylation is 2. The standard InChI is InChI=1S/C18H24FN5O2/c1-13-2-3-14(12-15(13)19)18-22-17(26-23-18)5-4-16(25)21-8-11-24-9-6-20-7-10-24/h2-3,12,20H,4-11H2,1H3,(H,21,25). The van der Waals surface area contributed by atoms with E-state index in [0.29, 0.717) is 35.8 Å². The quantitative estimate of drug-likeness (QED) is 0.769. The summed E-state index contributed by atoms with van der Waals surface area (Å²) in [7, 11) is 0. The van der Waals surface area contributed by atoms with Crippen LogP contribution in [0.15, 0.2) is 22.7 Å². The van der Waals surface area contributed by atoms with Crippen molar-refractivity contribution in [3.8, 4) is 11.4 Å². The molecule has 0 bridgehead atoms. The monoisotopic (exact) mass is 361 g/mol. The molecule has 0 saturated carbocycles. The van der Waals surface area contributed by atoms with Crippen LogP contribution >= 0.6 is 0 Å². The highest BCUT2D eigenvalue weighted by Gasteiger charge is 2.13. The minimum atomic E-state index is -0.308. The zero-order chi connectivity index (χ0) is 18.4. The molecule has 0 atom stereocenters. The van der Waals surface area contributed by atoms with E-state index in [0.717, 1.165) is 32.7 Å². The summed E-state index contributed by atoms with van der Waals surface area (Å²) in [6, 6.07) is 4.80. The van der Waals surface area contributed by atoms with Crippen molar-refractivity contribution >= 4 is 5.91 Å².